The minimum absolute atomic E-state index is 0.0288. The van der Waals surface area contributed by atoms with Gasteiger partial charge >= 0.3 is 0 Å². The van der Waals surface area contributed by atoms with E-state index in [1.54, 1.807) is 46.1 Å². The van der Waals surface area contributed by atoms with Gasteiger partial charge < -0.3 is 79.2 Å². The largest absolute Gasteiger partial charge is 0.399 e. The molecule has 1 fully saturated rings. The van der Waals surface area contributed by atoms with E-state index in [0.29, 0.717) is 128 Å². The number of nitrogens with zero attached hydrogens (tertiary/aromatic N) is 2. The molecule has 0 aliphatic carbocycles. The Morgan fingerprint density at radius 3 is 1.84 bits per heavy atom. The lowest BCUT2D eigenvalue weighted by atomic mass is 10.0. The summed E-state index contributed by atoms with van der Waals surface area (Å²) in [5, 5.41) is 19.2. The lowest BCUT2D eigenvalue weighted by Crippen LogP contribution is -2.51. The normalized spacial score (nSPS) is 14.5. The first-order valence-electron chi connectivity index (χ1n) is 23.0. The van der Waals surface area contributed by atoms with Gasteiger partial charge in [0.2, 0.25) is 29.5 Å². The summed E-state index contributed by atoms with van der Waals surface area (Å²) >= 11 is 0. The number of likely N-dealkylation sites (tertiary alicyclic amines) is 1. The van der Waals surface area contributed by atoms with Gasteiger partial charge in [-0.1, -0.05) is 26.8 Å². The maximum atomic E-state index is 13.0. The number of carbonyl (C=O) groups excluding carboxylic acids is 5. The molecule has 1 aromatic carbocycles. The third-order valence-corrected chi connectivity index (χ3v) is 9.77. The van der Waals surface area contributed by atoms with Gasteiger partial charge in [-0.2, -0.15) is 0 Å². The van der Waals surface area contributed by atoms with Gasteiger partial charge in [0.25, 0.3) is 0 Å². The number of anilines is 1. The average Bonchev–Trinajstić information content (AvgIpc) is 3.55. The molecule has 5 amide bonds. The van der Waals surface area contributed by atoms with Crippen molar-refractivity contribution in [3.63, 3.8) is 0 Å². The van der Waals surface area contributed by atoms with E-state index in [-0.39, 0.29) is 82.6 Å². The first-order chi connectivity index (χ1) is 32.9. The molecule has 1 aliphatic heterocycles. The lowest BCUT2D eigenvalue weighted by Gasteiger charge is -2.22. The van der Waals surface area contributed by atoms with Crippen LogP contribution in [0, 0.1) is 11.8 Å². The smallest absolute Gasteiger partial charge is 0.243 e. The molecule has 68 heavy (non-hydrogen) atoms. The molecule has 0 radical (unpaired) electrons. The summed E-state index contributed by atoms with van der Waals surface area (Å²) < 4.78 is 54.3. The van der Waals surface area contributed by atoms with Gasteiger partial charge in [-0.05, 0) is 29.2 Å². The Hall–Kier alpha value is -4.37. The second kappa shape index (κ2) is 37.5. The fourth-order valence-corrected chi connectivity index (χ4v) is 6.09. The van der Waals surface area contributed by atoms with E-state index in [1.807, 2.05) is 0 Å². The van der Waals surface area contributed by atoms with Gasteiger partial charge in [0.1, 0.15) is 6.04 Å². The van der Waals surface area contributed by atoms with Crippen molar-refractivity contribution in [2.24, 2.45) is 23.4 Å². The number of aliphatic hydroxyl groups excluding tert-OH is 1. The van der Waals surface area contributed by atoms with Crippen LogP contribution in [0.25, 0.3) is 0 Å². The summed E-state index contributed by atoms with van der Waals surface area (Å²) in [6.45, 7) is 12.3. The number of imide groups is 1. The number of ether oxygens (including phenoxy) is 10. The molecule has 2 rings (SSSR count). The van der Waals surface area contributed by atoms with Crippen molar-refractivity contribution in [1.29, 1.82) is 0 Å². The molecule has 2 atom stereocenters. The molecule has 8 N–H and O–H groups in total. The second-order valence-electron chi connectivity index (χ2n) is 15.8. The van der Waals surface area contributed by atoms with Crippen LogP contribution in [-0.2, 0) is 84.6 Å². The summed E-state index contributed by atoms with van der Waals surface area (Å²) in [4.78, 5) is 63.4. The summed E-state index contributed by atoms with van der Waals surface area (Å²) in [5.41, 5.74) is 8.05. The van der Waals surface area contributed by atoms with Crippen LogP contribution in [0.15, 0.2) is 30.1 Å². The van der Waals surface area contributed by atoms with Crippen molar-refractivity contribution >= 4 is 35.2 Å². The molecular formula is C45H77N7O16. The molecule has 1 aliphatic rings. The Morgan fingerprint density at radius 1 is 0.779 bits per heavy atom. The van der Waals surface area contributed by atoms with Gasteiger partial charge in [-0.3, -0.25) is 28.9 Å². The van der Waals surface area contributed by atoms with E-state index in [0.717, 1.165) is 4.90 Å². The number of rotatable bonds is 42. The highest BCUT2D eigenvalue weighted by Crippen LogP contribution is 2.19. The van der Waals surface area contributed by atoms with Crippen molar-refractivity contribution in [3.8, 4) is 0 Å². The van der Waals surface area contributed by atoms with Gasteiger partial charge in [0.15, 0.2) is 0 Å². The standard InChI is InChI=1S/C45H77N7O16/c1-34(2)43(50-40(54)7-10-60-12-9-52-42(56)27-35(3)45(52)58)44(57)48-29-41(55)49-39-6-5-36(31-53)37(28-39)32-68-33-38(46)30-51(47)8-11-61-15-16-63-19-20-65-23-24-67-26-25-66-22-21-64-18-17-62-14-13-59-4/h5-6,28,30,34-35,43,53H,7-27,29,31-33,46-47H2,1-4H3,(H,48,57)(H,49,55)(H,50,54)/b38-30-. The number of nitrogens with one attached hydrogen (secondary N) is 3. The Labute approximate surface area is 400 Å². The second-order valence-corrected chi connectivity index (χ2v) is 15.8. The average molecular weight is 972 g/mol. The van der Waals surface area contributed by atoms with Crippen LogP contribution in [0.3, 0.4) is 0 Å². The highest BCUT2D eigenvalue weighted by Gasteiger charge is 2.35. The van der Waals surface area contributed by atoms with Gasteiger partial charge in [-0.25, -0.2) is 5.84 Å². The van der Waals surface area contributed by atoms with Crippen LogP contribution in [0.1, 0.15) is 44.7 Å². The minimum atomic E-state index is -0.913. The van der Waals surface area contributed by atoms with Gasteiger partial charge in [-0.15, -0.1) is 0 Å². The number of amides is 5. The molecule has 23 nitrogen and oxygen atoms in total. The number of methoxy groups -OCH3 is 1. The highest BCUT2D eigenvalue weighted by molar-refractivity contribution is 6.03. The minimum Gasteiger partial charge on any atom is -0.399 e. The number of aliphatic hydroxyl groups is 1. The number of hydrogen-bond acceptors (Lipinski definition) is 19. The zero-order valence-electron chi connectivity index (χ0n) is 40.3. The molecule has 0 aromatic heterocycles. The molecule has 1 saturated heterocycles. The van der Waals surface area contributed by atoms with E-state index in [1.165, 1.54) is 11.2 Å². The van der Waals surface area contributed by atoms with Crippen molar-refractivity contribution in [2.75, 3.05) is 151 Å². The van der Waals surface area contributed by atoms with Gasteiger partial charge in [0, 0.05) is 37.8 Å². The first kappa shape index (κ1) is 59.8. The predicted molar refractivity (Wildman–Crippen MR) is 247 cm³/mol. The van der Waals surface area contributed by atoms with Crippen LogP contribution in [0.5, 0.6) is 0 Å². The fraction of sp³-hybridized carbons (Fsp3) is 0.711. The summed E-state index contributed by atoms with van der Waals surface area (Å²) in [6.07, 6.45) is 1.67. The molecule has 2 unspecified atom stereocenters. The van der Waals surface area contributed by atoms with E-state index >= 15 is 0 Å². The Balaban J connectivity index is 1.54. The first-order valence-corrected chi connectivity index (χ1v) is 23.0. The van der Waals surface area contributed by atoms with E-state index in [2.05, 4.69) is 16.0 Å². The van der Waals surface area contributed by atoms with Crippen LogP contribution >= 0.6 is 0 Å². The zero-order chi connectivity index (χ0) is 49.8. The van der Waals surface area contributed by atoms with Crippen LogP contribution in [0.4, 0.5) is 5.69 Å². The number of carbonyl (C=O) groups is 5. The van der Waals surface area contributed by atoms with Gasteiger partial charge in [0.05, 0.1) is 157 Å². The maximum absolute atomic E-state index is 13.0. The molecule has 388 valence electrons. The highest BCUT2D eigenvalue weighted by atomic mass is 16.6. The SMILES string of the molecule is COCCOCCOCCOCCOCCOCCOCCOCCN(N)/C=C(\N)COCc1cc(NC(=O)CNC(=O)C(NC(=O)CCOCCN2C(=O)CC(C)C2=O)C(C)C)ccc1CO. The van der Waals surface area contributed by atoms with E-state index < -0.39 is 23.8 Å². The van der Waals surface area contributed by atoms with E-state index in [9.17, 15) is 29.1 Å². The van der Waals surface area contributed by atoms with Crippen LogP contribution in [-0.4, -0.2) is 196 Å². The third-order valence-electron chi connectivity index (χ3n) is 9.77. The van der Waals surface area contributed by atoms with Crippen LogP contribution in [0.2, 0.25) is 0 Å². The van der Waals surface area contributed by atoms with Crippen molar-refractivity contribution < 1.29 is 76.4 Å². The monoisotopic (exact) mass is 972 g/mol. The fourth-order valence-electron chi connectivity index (χ4n) is 6.09. The summed E-state index contributed by atoms with van der Waals surface area (Å²) in [6, 6.07) is 3.99. The Bertz CT molecular complexity index is 1620. The van der Waals surface area contributed by atoms with Crippen molar-refractivity contribution in [1.82, 2.24) is 20.5 Å². The van der Waals surface area contributed by atoms with Crippen molar-refractivity contribution in [3.05, 3.63) is 41.2 Å². The Morgan fingerprint density at radius 2 is 1.32 bits per heavy atom. The number of hydrazine groups is 1. The topological polar surface area (TPSA) is 292 Å². The third kappa shape index (κ3) is 27.6. The van der Waals surface area contributed by atoms with E-state index in [4.69, 9.17) is 58.9 Å². The quantitative estimate of drug-likeness (QED) is 0.0207. The molecule has 1 heterocycles. The molecule has 23 heteroatoms. The van der Waals surface area contributed by atoms with Crippen molar-refractivity contribution in [2.45, 2.75) is 52.9 Å². The predicted octanol–water partition coefficient (Wildman–Crippen LogP) is -0.569. The summed E-state index contributed by atoms with van der Waals surface area (Å²) in [7, 11) is 1.63. The molecule has 0 spiro atoms. The molecular weight excluding hydrogens is 895 g/mol. The number of benzene rings is 1. The Kier molecular flexibility index (Phi) is 33.0. The molecule has 0 bridgehead atoms. The number of hydrogen-bond donors (Lipinski definition) is 6. The lowest BCUT2D eigenvalue weighted by molar-refractivity contribution is -0.140. The summed E-state index contributed by atoms with van der Waals surface area (Å²) in [5.74, 6) is 3.44. The zero-order valence-corrected chi connectivity index (χ0v) is 40.3. The molecule has 1 aromatic rings. The molecule has 0 saturated carbocycles. The maximum Gasteiger partial charge on any atom is 0.243 e. The van der Waals surface area contributed by atoms with Crippen LogP contribution < -0.4 is 27.5 Å². The number of nitrogens with two attached hydrogens (primary N) is 2.